The fourth-order valence-electron chi connectivity index (χ4n) is 2.69. The second-order valence-corrected chi connectivity index (χ2v) is 6.61. The van der Waals surface area contributed by atoms with Crippen molar-refractivity contribution in [3.63, 3.8) is 0 Å². The Morgan fingerprint density at radius 2 is 2.29 bits per heavy atom. The van der Waals surface area contributed by atoms with Crippen LogP contribution in [0.15, 0.2) is 30.3 Å². The summed E-state index contributed by atoms with van der Waals surface area (Å²) in [5.41, 5.74) is 0.120. The number of nitrogens with zero attached hydrogens (tertiary/aromatic N) is 2. The number of carbonyl (C=O) groups is 1. The number of rotatable bonds is 3. The van der Waals surface area contributed by atoms with Crippen LogP contribution in [-0.2, 0) is 0 Å². The Labute approximate surface area is 128 Å². The van der Waals surface area contributed by atoms with Crippen LogP contribution < -0.4 is 4.90 Å². The summed E-state index contributed by atoms with van der Waals surface area (Å²) in [6.07, 6.45) is 1.12. The number of aromatic carboxylic acids is 1. The molecule has 0 spiro atoms. The number of benzene rings is 1. The van der Waals surface area contributed by atoms with Gasteiger partial charge in [0, 0.05) is 29.5 Å². The summed E-state index contributed by atoms with van der Waals surface area (Å²) in [6.45, 7) is 4.04. The number of anilines is 1. The van der Waals surface area contributed by atoms with Crippen molar-refractivity contribution in [3.05, 3.63) is 36.0 Å². The fourth-order valence-corrected chi connectivity index (χ4v) is 3.87. The molecule has 110 valence electrons. The molecule has 1 aromatic carbocycles. The zero-order valence-corrected chi connectivity index (χ0v) is 12.8. The molecule has 1 unspecified atom stereocenters. The lowest BCUT2D eigenvalue weighted by molar-refractivity contribution is 0.0691. The first-order valence-corrected chi connectivity index (χ1v) is 8.23. The molecular weight excluding hydrogens is 284 g/mol. The first-order chi connectivity index (χ1) is 10.2. The maximum absolute atomic E-state index is 11.3. The van der Waals surface area contributed by atoms with Gasteiger partial charge in [0.15, 0.2) is 5.69 Å². The van der Waals surface area contributed by atoms with Crippen LogP contribution in [-0.4, -0.2) is 40.2 Å². The average Bonchev–Trinajstić information content (AvgIpc) is 2.53. The largest absolute Gasteiger partial charge is 0.477 e. The first kappa shape index (κ1) is 14.2. The molecular formula is C16H18N2O2S. The molecule has 0 aliphatic carbocycles. The van der Waals surface area contributed by atoms with Crippen molar-refractivity contribution in [2.45, 2.75) is 18.6 Å². The number of aromatic nitrogens is 1. The Balaban J connectivity index is 2.09. The van der Waals surface area contributed by atoms with Gasteiger partial charge in [0.05, 0.1) is 0 Å². The van der Waals surface area contributed by atoms with E-state index in [0.717, 1.165) is 41.9 Å². The summed E-state index contributed by atoms with van der Waals surface area (Å²) in [5, 5.41) is 11.8. The molecule has 0 saturated carbocycles. The van der Waals surface area contributed by atoms with E-state index in [4.69, 9.17) is 0 Å². The Bertz CT molecular complexity index is 674. The van der Waals surface area contributed by atoms with Crippen molar-refractivity contribution in [1.82, 2.24) is 4.98 Å². The van der Waals surface area contributed by atoms with Gasteiger partial charge in [-0.25, -0.2) is 9.78 Å². The highest BCUT2D eigenvalue weighted by molar-refractivity contribution is 8.00. The summed E-state index contributed by atoms with van der Waals surface area (Å²) in [6, 6.07) is 9.52. The molecule has 1 saturated heterocycles. The van der Waals surface area contributed by atoms with Crippen LogP contribution in [0.25, 0.3) is 10.8 Å². The van der Waals surface area contributed by atoms with E-state index in [0.29, 0.717) is 5.25 Å². The lowest BCUT2D eigenvalue weighted by Gasteiger charge is -2.33. The average molecular weight is 302 g/mol. The molecule has 5 heteroatoms. The summed E-state index contributed by atoms with van der Waals surface area (Å²) in [7, 11) is 0. The standard InChI is InChI=1S/C16H18N2O2S/c1-2-12-10-18(7-8-21-12)15-13-6-4-3-5-11(13)9-14(17-15)16(19)20/h3-6,9,12H,2,7-8,10H2,1H3,(H,19,20). The summed E-state index contributed by atoms with van der Waals surface area (Å²) >= 11 is 1.99. The number of carboxylic acids is 1. The molecule has 0 radical (unpaired) electrons. The Hall–Kier alpha value is -1.75. The molecule has 1 aliphatic rings. The van der Waals surface area contributed by atoms with Gasteiger partial charge in [-0.3, -0.25) is 0 Å². The summed E-state index contributed by atoms with van der Waals surface area (Å²) in [5.74, 6) is 0.899. The zero-order chi connectivity index (χ0) is 14.8. The second-order valence-electron chi connectivity index (χ2n) is 5.20. The van der Waals surface area contributed by atoms with Gasteiger partial charge < -0.3 is 10.0 Å². The Kier molecular flexibility index (Phi) is 4.01. The molecule has 3 rings (SSSR count). The Morgan fingerprint density at radius 3 is 3.05 bits per heavy atom. The first-order valence-electron chi connectivity index (χ1n) is 7.18. The molecule has 1 aliphatic heterocycles. The topological polar surface area (TPSA) is 53.4 Å². The van der Waals surface area contributed by atoms with Gasteiger partial charge in [-0.1, -0.05) is 31.2 Å². The number of fused-ring (bicyclic) bond motifs is 1. The molecule has 1 fully saturated rings. The quantitative estimate of drug-likeness (QED) is 0.943. The third-order valence-corrected chi connectivity index (χ3v) is 5.21. The van der Waals surface area contributed by atoms with E-state index < -0.39 is 5.97 Å². The maximum atomic E-state index is 11.3. The highest BCUT2D eigenvalue weighted by atomic mass is 32.2. The lowest BCUT2D eigenvalue weighted by atomic mass is 10.1. The zero-order valence-electron chi connectivity index (χ0n) is 12.0. The van der Waals surface area contributed by atoms with Crippen molar-refractivity contribution < 1.29 is 9.90 Å². The van der Waals surface area contributed by atoms with E-state index in [-0.39, 0.29) is 5.69 Å². The van der Waals surface area contributed by atoms with E-state index in [1.54, 1.807) is 6.07 Å². The van der Waals surface area contributed by atoms with Crippen LogP contribution in [0.5, 0.6) is 0 Å². The van der Waals surface area contributed by atoms with Crippen LogP contribution in [0.2, 0.25) is 0 Å². The number of hydrogen-bond acceptors (Lipinski definition) is 4. The molecule has 2 heterocycles. The minimum Gasteiger partial charge on any atom is -0.477 e. The van der Waals surface area contributed by atoms with Crippen LogP contribution in [0, 0.1) is 0 Å². The lowest BCUT2D eigenvalue weighted by Crippen LogP contribution is -2.38. The Morgan fingerprint density at radius 1 is 1.48 bits per heavy atom. The van der Waals surface area contributed by atoms with Gasteiger partial charge >= 0.3 is 5.97 Å². The van der Waals surface area contributed by atoms with Crippen LogP contribution in [0.1, 0.15) is 23.8 Å². The van der Waals surface area contributed by atoms with Crippen molar-refractivity contribution in [2.24, 2.45) is 0 Å². The number of thioether (sulfide) groups is 1. The third-order valence-electron chi connectivity index (χ3n) is 3.83. The molecule has 0 amide bonds. The van der Waals surface area contributed by atoms with E-state index in [1.165, 1.54) is 0 Å². The molecule has 1 atom stereocenters. The molecule has 1 aromatic heterocycles. The van der Waals surface area contributed by atoms with Crippen molar-refractivity contribution >= 4 is 34.3 Å². The number of carboxylic acid groups (broad SMARTS) is 1. The van der Waals surface area contributed by atoms with E-state index in [2.05, 4.69) is 16.8 Å². The van der Waals surface area contributed by atoms with Crippen LogP contribution in [0.4, 0.5) is 5.82 Å². The van der Waals surface area contributed by atoms with Crippen LogP contribution in [0.3, 0.4) is 0 Å². The smallest absolute Gasteiger partial charge is 0.354 e. The molecule has 21 heavy (non-hydrogen) atoms. The number of hydrogen-bond donors (Lipinski definition) is 1. The van der Waals surface area contributed by atoms with E-state index >= 15 is 0 Å². The highest BCUT2D eigenvalue weighted by Crippen LogP contribution is 2.30. The monoisotopic (exact) mass is 302 g/mol. The van der Waals surface area contributed by atoms with Gasteiger partial charge in [-0.15, -0.1) is 0 Å². The number of pyridine rings is 1. The van der Waals surface area contributed by atoms with E-state index in [9.17, 15) is 9.90 Å². The van der Waals surface area contributed by atoms with Crippen LogP contribution >= 0.6 is 11.8 Å². The molecule has 4 nitrogen and oxygen atoms in total. The highest BCUT2D eigenvalue weighted by Gasteiger charge is 2.22. The fraction of sp³-hybridized carbons (Fsp3) is 0.375. The predicted molar refractivity (Wildman–Crippen MR) is 87.5 cm³/mol. The van der Waals surface area contributed by atoms with Crippen molar-refractivity contribution in [1.29, 1.82) is 0 Å². The van der Waals surface area contributed by atoms with Crippen molar-refractivity contribution in [3.8, 4) is 0 Å². The van der Waals surface area contributed by atoms with Gasteiger partial charge in [0.1, 0.15) is 5.82 Å². The summed E-state index contributed by atoms with van der Waals surface area (Å²) in [4.78, 5) is 18.0. The maximum Gasteiger partial charge on any atom is 0.354 e. The van der Waals surface area contributed by atoms with Gasteiger partial charge in [-0.05, 0) is 17.9 Å². The van der Waals surface area contributed by atoms with E-state index in [1.807, 2.05) is 36.0 Å². The summed E-state index contributed by atoms with van der Waals surface area (Å²) < 4.78 is 0. The van der Waals surface area contributed by atoms with Crippen molar-refractivity contribution in [2.75, 3.05) is 23.7 Å². The van der Waals surface area contributed by atoms with Gasteiger partial charge in [0.25, 0.3) is 0 Å². The second kappa shape index (κ2) is 5.93. The third kappa shape index (κ3) is 2.83. The molecule has 0 bridgehead atoms. The SMILES string of the molecule is CCC1CN(c2nc(C(=O)O)cc3ccccc23)CCS1. The molecule has 1 N–H and O–H groups in total. The minimum atomic E-state index is -0.972. The normalized spacial score (nSPS) is 18.9. The minimum absolute atomic E-state index is 0.120. The molecule has 2 aromatic rings. The van der Waals surface area contributed by atoms with Gasteiger partial charge in [0.2, 0.25) is 0 Å². The van der Waals surface area contributed by atoms with Gasteiger partial charge in [-0.2, -0.15) is 11.8 Å². The predicted octanol–water partition coefficient (Wildman–Crippen LogP) is 3.26.